The maximum Gasteiger partial charge on any atom is 0.282 e. The molecule has 0 aliphatic heterocycles. The highest BCUT2D eigenvalue weighted by molar-refractivity contribution is 7.15. The summed E-state index contributed by atoms with van der Waals surface area (Å²) >= 11 is 1.36. The Morgan fingerprint density at radius 3 is 2.63 bits per heavy atom. The summed E-state index contributed by atoms with van der Waals surface area (Å²) in [4.78, 5) is 15.2. The highest BCUT2D eigenvalue weighted by Gasteiger charge is 2.09. The molecule has 0 unspecified atom stereocenters. The van der Waals surface area contributed by atoms with Crippen LogP contribution >= 0.6 is 11.3 Å². The molecule has 0 saturated heterocycles. The molecule has 5 nitrogen and oxygen atoms in total. The van der Waals surface area contributed by atoms with Crippen molar-refractivity contribution in [1.29, 1.82) is 0 Å². The summed E-state index contributed by atoms with van der Waals surface area (Å²) in [5, 5.41) is 4.01. The van der Waals surface area contributed by atoms with Gasteiger partial charge in [-0.1, -0.05) is 37.3 Å². The van der Waals surface area contributed by atoms with Gasteiger partial charge in [-0.2, -0.15) is 0 Å². The molecule has 0 atom stereocenters. The number of aromatic nitrogens is 1. The number of rotatable bonds is 8. The van der Waals surface area contributed by atoms with Gasteiger partial charge in [0.2, 0.25) is 11.0 Å². The second-order valence-corrected chi connectivity index (χ2v) is 6.94. The van der Waals surface area contributed by atoms with E-state index in [-0.39, 0.29) is 5.91 Å². The van der Waals surface area contributed by atoms with Crippen LogP contribution in [0, 0.1) is 0 Å². The van der Waals surface area contributed by atoms with Crippen molar-refractivity contribution in [2.45, 2.75) is 26.7 Å². The van der Waals surface area contributed by atoms with Gasteiger partial charge in [0.15, 0.2) is 0 Å². The SMILES string of the molecule is CCc1ccccc1Oc1ncc(Oc2ccc(CCNC(C)=O)cc2)s1. The molecule has 0 radical (unpaired) electrons. The van der Waals surface area contributed by atoms with Gasteiger partial charge < -0.3 is 14.8 Å². The molecule has 0 saturated carbocycles. The van der Waals surface area contributed by atoms with E-state index in [1.54, 1.807) is 6.20 Å². The number of thiazole rings is 1. The molecule has 1 heterocycles. The van der Waals surface area contributed by atoms with Crippen LogP contribution in [0.4, 0.5) is 0 Å². The number of amides is 1. The van der Waals surface area contributed by atoms with E-state index in [9.17, 15) is 4.79 Å². The second-order valence-electron chi connectivity index (χ2n) is 5.99. The quantitative estimate of drug-likeness (QED) is 0.598. The van der Waals surface area contributed by atoms with Crippen LogP contribution in [0.15, 0.2) is 54.7 Å². The van der Waals surface area contributed by atoms with Gasteiger partial charge in [-0.05, 0) is 53.5 Å². The van der Waals surface area contributed by atoms with Crippen molar-refractivity contribution in [3.8, 4) is 21.8 Å². The van der Waals surface area contributed by atoms with Crippen LogP contribution in [-0.2, 0) is 17.6 Å². The Morgan fingerprint density at radius 1 is 1.11 bits per heavy atom. The van der Waals surface area contributed by atoms with E-state index in [1.165, 1.54) is 18.3 Å². The van der Waals surface area contributed by atoms with Crippen molar-refractivity contribution in [2.24, 2.45) is 0 Å². The number of ether oxygens (including phenoxy) is 2. The Kier molecular flexibility index (Phi) is 6.44. The smallest absolute Gasteiger partial charge is 0.282 e. The molecule has 140 valence electrons. The lowest BCUT2D eigenvalue weighted by Gasteiger charge is -2.06. The lowest BCUT2D eigenvalue weighted by Crippen LogP contribution is -2.22. The van der Waals surface area contributed by atoms with Crippen LogP contribution in [0.3, 0.4) is 0 Å². The third-order valence-electron chi connectivity index (χ3n) is 3.94. The fraction of sp³-hybridized carbons (Fsp3) is 0.238. The molecule has 1 N–H and O–H groups in total. The summed E-state index contributed by atoms with van der Waals surface area (Å²) in [6.45, 7) is 4.24. The van der Waals surface area contributed by atoms with Crippen molar-refractivity contribution in [2.75, 3.05) is 6.54 Å². The highest BCUT2D eigenvalue weighted by Crippen LogP contribution is 2.35. The van der Waals surface area contributed by atoms with Gasteiger partial charge in [0.25, 0.3) is 5.19 Å². The van der Waals surface area contributed by atoms with Gasteiger partial charge in [0.1, 0.15) is 11.5 Å². The minimum absolute atomic E-state index is 0.0141. The van der Waals surface area contributed by atoms with E-state index in [2.05, 4.69) is 17.2 Å². The van der Waals surface area contributed by atoms with Crippen molar-refractivity contribution in [1.82, 2.24) is 10.3 Å². The zero-order chi connectivity index (χ0) is 19.1. The maximum atomic E-state index is 10.9. The largest absolute Gasteiger partial charge is 0.445 e. The molecule has 0 aliphatic carbocycles. The molecule has 0 aliphatic rings. The first-order chi connectivity index (χ1) is 13.1. The van der Waals surface area contributed by atoms with Crippen LogP contribution in [-0.4, -0.2) is 17.4 Å². The van der Waals surface area contributed by atoms with Crippen LogP contribution < -0.4 is 14.8 Å². The third-order valence-corrected chi connectivity index (χ3v) is 4.70. The monoisotopic (exact) mass is 382 g/mol. The molecule has 0 bridgehead atoms. The normalized spacial score (nSPS) is 10.4. The van der Waals surface area contributed by atoms with Gasteiger partial charge in [-0.25, -0.2) is 4.98 Å². The number of aryl methyl sites for hydroxylation is 1. The molecule has 3 rings (SSSR count). The topological polar surface area (TPSA) is 60.5 Å². The molecular weight excluding hydrogens is 360 g/mol. The average molecular weight is 382 g/mol. The van der Waals surface area contributed by atoms with Crippen LogP contribution in [0.25, 0.3) is 0 Å². The number of carbonyl (C=O) groups is 1. The maximum absolute atomic E-state index is 10.9. The number of carbonyl (C=O) groups excluding carboxylic acids is 1. The van der Waals surface area contributed by atoms with Crippen LogP contribution in [0.5, 0.6) is 21.8 Å². The summed E-state index contributed by atoms with van der Waals surface area (Å²) in [5.41, 5.74) is 2.28. The lowest BCUT2D eigenvalue weighted by atomic mass is 10.1. The third kappa shape index (κ3) is 5.56. The van der Waals surface area contributed by atoms with Crippen molar-refractivity contribution in [3.05, 3.63) is 65.9 Å². The number of nitrogens with zero attached hydrogens (tertiary/aromatic N) is 1. The molecule has 0 fully saturated rings. The second kappa shape index (κ2) is 9.19. The fourth-order valence-electron chi connectivity index (χ4n) is 2.55. The molecule has 3 aromatic rings. The Morgan fingerprint density at radius 2 is 1.89 bits per heavy atom. The van der Waals surface area contributed by atoms with Gasteiger partial charge >= 0.3 is 0 Å². The van der Waals surface area contributed by atoms with Gasteiger partial charge in [0.05, 0.1) is 6.20 Å². The van der Waals surface area contributed by atoms with Crippen LogP contribution in [0.2, 0.25) is 0 Å². The molecule has 1 amide bonds. The first-order valence-electron chi connectivity index (χ1n) is 8.87. The Hall–Kier alpha value is -2.86. The van der Waals surface area contributed by atoms with Crippen molar-refractivity contribution < 1.29 is 14.3 Å². The summed E-state index contributed by atoms with van der Waals surface area (Å²) in [6.07, 6.45) is 3.35. The molecular formula is C21H22N2O3S. The number of para-hydroxylation sites is 1. The summed E-state index contributed by atoms with van der Waals surface area (Å²) in [6, 6.07) is 15.8. The number of nitrogens with one attached hydrogen (secondary N) is 1. The van der Waals surface area contributed by atoms with E-state index in [0.29, 0.717) is 16.8 Å². The minimum Gasteiger partial charge on any atom is -0.445 e. The van der Waals surface area contributed by atoms with Crippen LogP contribution in [0.1, 0.15) is 25.0 Å². The predicted octanol–water partition coefficient (Wildman–Crippen LogP) is 4.97. The molecule has 0 spiro atoms. The average Bonchev–Trinajstić information content (AvgIpc) is 3.10. The summed E-state index contributed by atoms with van der Waals surface area (Å²) in [5.74, 6) is 1.55. The standard InChI is InChI=1S/C21H22N2O3S/c1-3-17-6-4-5-7-19(17)26-21-23-14-20(27-21)25-18-10-8-16(9-11-18)12-13-22-15(2)24/h4-11,14H,3,12-13H2,1-2H3,(H,22,24). The lowest BCUT2D eigenvalue weighted by molar-refractivity contribution is -0.118. The molecule has 27 heavy (non-hydrogen) atoms. The van der Waals surface area contributed by atoms with Gasteiger partial charge in [-0.15, -0.1) is 0 Å². The number of hydrogen-bond acceptors (Lipinski definition) is 5. The zero-order valence-electron chi connectivity index (χ0n) is 15.4. The first-order valence-corrected chi connectivity index (χ1v) is 9.68. The zero-order valence-corrected chi connectivity index (χ0v) is 16.2. The van der Waals surface area contributed by atoms with E-state index in [0.717, 1.165) is 35.5 Å². The van der Waals surface area contributed by atoms with Crippen molar-refractivity contribution >= 4 is 17.2 Å². The Balaban J connectivity index is 1.58. The predicted molar refractivity (Wildman–Crippen MR) is 107 cm³/mol. The molecule has 1 aromatic heterocycles. The van der Waals surface area contributed by atoms with Crippen molar-refractivity contribution in [3.63, 3.8) is 0 Å². The summed E-state index contributed by atoms with van der Waals surface area (Å²) in [7, 11) is 0. The van der Waals surface area contributed by atoms with E-state index in [1.807, 2.05) is 48.5 Å². The van der Waals surface area contributed by atoms with Gasteiger partial charge in [0, 0.05) is 13.5 Å². The fourth-order valence-corrected chi connectivity index (χ4v) is 3.20. The minimum atomic E-state index is -0.0141. The molecule has 2 aromatic carbocycles. The van der Waals surface area contributed by atoms with E-state index < -0.39 is 0 Å². The van der Waals surface area contributed by atoms with Gasteiger partial charge in [-0.3, -0.25) is 4.79 Å². The van der Waals surface area contributed by atoms with E-state index in [4.69, 9.17) is 9.47 Å². The first kappa shape index (κ1) is 18.9. The highest BCUT2D eigenvalue weighted by atomic mass is 32.1. The Labute approximate surface area is 163 Å². The Bertz CT molecular complexity index is 890. The molecule has 6 heteroatoms. The number of hydrogen-bond donors (Lipinski definition) is 1. The van der Waals surface area contributed by atoms with E-state index >= 15 is 0 Å². The summed E-state index contributed by atoms with van der Waals surface area (Å²) < 4.78 is 11.8. The number of benzene rings is 2.